The van der Waals surface area contributed by atoms with Crippen LogP contribution >= 0.6 is 12.6 Å². The minimum absolute atomic E-state index is 0.0924. The van der Waals surface area contributed by atoms with E-state index in [9.17, 15) is 9.59 Å². The molecule has 0 aromatic rings. The molecular formula is C6H9NO3S. The first-order valence-electron chi connectivity index (χ1n) is 3.25. The van der Waals surface area contributed by atoms with E-state index in [4.69, 9.17) is 4.74 Å². The van der Waals surface area contributed by atoms with E-state index in [1.807, 2.05) is 0 Å². The van der Waals surface area contributed by atoms with Gasteiger partial charge in [0.25, 0.3) is 0 Å². The maximum absolute atomic E-state index is 10.9. The van der Waals surface area contributed by atoms with E-state index in [-0.39, 0.29) is 11.5 Å². The van der Waals surface area contributed by atoms with Crippen LogP contribution in [0.5, 0.6) is 0 Å². The van der Waals surface area contributed by atoms with Gasteiger partial charge in [0.1, 0.15) is 6.10 Å². The minimum Gasteiger partial charge on any atom is -0.344 e. The molecule has 11 heavy (non-hydrogen) atoms. The van der Waals surface area contributed by atoms with Crippen LogP contribution in [0.4, 0.5) is 0 Å². The number of hydrogen-bond donors (Lipinski definition) is 2. The number of thiol groups is 1. The maximum Gasteiger partial charge on any atom is 0.172 e. The van der Waals surface area contributed by atoms with Crippen LogP contribution in [0.15, 0.2) is 0 Å². The lowest BCUT2D eigenvalue weighted by Crippen LogP contribution is -2.25. The fraction of sp³-hybridized carbons (Fsp3) is 0.667. The van der Waals surface area contributed by atoms with E-state index in [0.717, 1.165) is 0 Å². The summed E-state index contributed by atoms with van der Waals surface area (Å²) in [5.41, 5.74) is 0. The van der Waals surface area contributed by atoms with Gasteiger partial charge in [0.2, 0.25) is 0 Å². The van der Waals surface area contributed by atoms with Crippen LogP contribution in [0.1, 0.15) is 0 Å². The lowest BCUT2D eigenvalue weighted by Gasteiger charge is -2.04. The van der Waals surface area contributed by atoms with Crippen LogP contribution in [0.3, 0.4) is 0 Å². The highest BCUT2D eigenvalue weighted by Gasteiger charge is 2.28. The second kappa shape index (κ2) is 3.85. The zero-order chi connectivity index (χ0) is 8.27. The normalized spacial score (nSPS) is 30.3. The van der Waals surface area contributed by atoms with Gasteiger partial charge in [-0.1, -0.05) is 0 Å². The molecule has 0 bridgehead atoms. The highest BCUT2D eigenvalue weighted by atomic mass is 32.1. The van der Waals surface area contributed by atoms with Gasteiger partial charge in [-0.25, -0.2) is 0 Å². The van der Waals surface area contributed by atoms with Crippen LogP contribution < -0.4 is 5.32 Å². The average molecular weight is 175 g/mol. The molecule has 0 aromatic carbocycles. The van der Waals surface area contributed by atoms with Crippen molar-refractivity contribution >= 4 is 24.7 Å². The second-order valence-electron chi connectivity index (χ2n) is 2.21. The van der Waals surface area contributed by atoms with Crippen molar-refractivity contribution in [2.75, 3.05) is 12.3 Å². The number of hydrogen-bond acceptors (Lipinski definition) is 5. The highest BCUT2D eigenvalue weighted by Crippen LogP contribution is 2.04. The maximum atomic E-state index is 10.9. The van der Waals surface area contributed by atoms with E-state index in [1.54, 1.807) is 0 Å². The topological polar surface area (TPSA) is 55.4 Å². The van der Waals surface area contributed by atoms with Gasteiger partial charge < -0.3 is 4.74 Å². The number of nitrogens with one attached hydrogen (secondary N) is 1. The summed E-state index contributed by atoms with van der Waals surface area (Å²) in [5, 5.41) is 2.73. The van der Waals surface area contributed by atoms with Crippen LogP contribution in [0.2, 0.25) is 0 Å². The van der Waals surface area contributed by atoms with Crippen molar-refractivity contribution in [3.63, 3.8) is 0 Å². The quantitative estimate of drug-likeness (QED) is 0.426. The van der Waals surface area contributed by atoms with Crippen molar-refractivity contribution in [3.05, 3.63) is 0 Å². The van der Waals surface area contributed by atoms with Crippen molar-refractivity contribution in [2.24, 2.45) is 0 Å². The Balaban J connectivity index is 2.41. The summed E-state index contributed by atoms with van der Waals surface area (Å²) < 4.78 is 4.99. The van der Waals surface area contributed by atoms with E-state index in [1.165, 1.54) is 0 Å². The van der Waals surface area contributed by atoms with Gasteiger partial charge in [-0.05, 0) is 0 Å². The van der Waals surface area contributed by atoms with Crippen molar-refractivity contribution in [2.45, 2.75) is 12.3 Å². The van der Waals surface area contributed by atoms with Crippen molar-refractivity contribution in [1.29, 1.82) is 0 Å². The summed E-state index contributed by atoms with van der Waals surface area (Å²) in [7, 11) is 0. The smallest absolute Gasteiger partial charge is 0.172 e. The summed E-state index contributed by atoms with van der Waals surface area (Å²) in [4.78, 5) is 21.1. The number of ether oxygens (including phenoxy) is 1. The summed E-state index contributed by atoms with van der Waals surface area (Å²) in [6, 6.07) is 0. The first kappa shape index (κ1) is 8.70. The molecule has 0 saturated carbocycles. The Hall–Kier alpha value is -0.390. The standard InChI is InChI=1S/C6H9NO3S/c8-2-6-7-1-5(10-6)4(9)3-11/h2,5-7,11H,1,3H2. The van der Waals surface area contributed by atoms with Gasteiger partial charge in [-0.3, -0.25) is 14.9 Å². The Morgan fingerprint density at radius 1 is 1.82 bits per heavy atom. The number of Topliss-reactive ketones (excluding diaryl/α,β-unsaturated/α-hetero) is 1. The monoisotopic (exact) mass is 175 g/mol. The largest absolute Gasteiger partial charge is 0.344 e. The molecule has 0 spiro atoms. The molecule has 4 nitrogen and oxygen atoms in total. The molecular weight excluding hydrogens is 166 g/mol. The van der Waals surface area contributed by atoms with Crippen LogP contribution in [0.25, 0.3) is 0 Å². The fourth-order valence-electron chi connectivity index (χ4n) is 0.868. The summed E-state index contributed by atoms with van der Waals surface area (Å²) in [6.45, 7) is 0.406. The number of rotatable bonds is 3. The van der Waals surface area contributed by atoms with Gasteiger partial charge in [0.05, 0.1) is 5.75 Å². The molecule has 1 rings (SSSR count). The Morgan fingerprint density at radius 2 is 2.55 bits per heavy atom. The molecule has 1 N–H and O–H groups in total. The van der Waals surface area contributed by atoms with Crippen LogP contribution in [-0.4, -0.2) is 36.7 Å². The van der Waals surface area contributed by atoms with E-state index >= 15 is 0 Å². The second-order valence-corrected chi connectivity index (χ2v) is 2.53. The molecule has 0 aliphatic carbocycles. The molecule has 0 aromatic heterocycles. The number of aldehydes is 1. The zero-order valence-corrected chi connectivity index (χ0v) is 6.71. The van der Waals surface area contributed by atoms with Gasteiger partial charge in [-0.2, -0.15) is 12.6 Å². The molecule has 2 atom stereocenters. The first-order chi connectivity index (χ1) is 5.27. The molecule has 1 fully saturated rings. The molecule has 0 radical (unpaired) electrons. The molecule has 0 amide bonds. The van der Waals surface area contributed by atoms with Crippen molar-refractivity contribution in [3.8, 4) is 0 Å². The first-order valence-corrected chi connectivity index (χ1v) is 3.89. The zero-order valence-electron chi connectivity index (χ0n) is 5.82. The number of ketones is 1. The summed E-state index contributed by atoms with van der Waals surface area (Å²) >= 11 is 3.80. The van der Waals surface area contributed by atoms with Gasteiger partial charge in [0, 0.05) is 6.54 Å². The Kier molecular flexibility index (Phi) is 3.04. The lowest BCUT2D eigenvalue weighted by atomic mass is 10.3. The lowest BCUT2D eigenvalue weighted by molar-refractivity contribution is -0.129. The number of carbonyl (C=O) groups excluding carboxylic acids is 2. The Labute approximate surface area is 69.7 Å². The van der Waals surface area contributed by atoms with Crippen LogP contribution in [-0.2, 0) is 14.3 Å². The molecule has 1 aliphatic heterocycles. The average Bonchev–Trinajstić information content (AvgIpc) is 2.50. The fourth-order valence-corrected chi connectivity index (χ4v) is 1.07. The summed E-state index contributed by atoms with van der Waals surface area (Å²) in [5.74, 6) is 0.0583. The minimum atomic E-state index is -0.621. The molecule has 1 aliphatic rings. The molecule has 1 heterocycles. The molecule has 1 saturated heterocycles. The predicted molar refractivity (Wildman–Crippen MR) is 41.6 cm³/mol. The van der Waals surface area contributed by atoms with Crippen LogP contribution in [0, 0.1) is 0 Å². The Morgan fingerprint density at radius 3 is 3.00 bits per heavy atom. The highest BCUT2D eigenvalue weighted by molar-refractivity contribution is 7.81. The SMILES string of the molecule is O=CC1NCC(C(=O)CS)O1. The molecule has 62 valence electrons. The third kappa shape index (κ3) is 2.02. The third-order valence-electron chi connectivity index (χ3n) is 1.45. The van der Waals surface area contributed by atoms with E-state index in [0.29, 0.717) is 12.8 Å². The van der Waals surface area contributed by atoms with Gasteiger partial charge in [0.15, 0.2) is 18.3 Å². The molecule has 5 heteroatoms. The van der Waals surface area contributed by atoms with Crippen molar-refractivity contribution < 1.29 is 14.3 Å². The third-order valence-corrected chi connectivity index (χ3v) is 1.77. The van der Waals surface area contributed by atoms with Crippen molar-refractivity contribution in [1.82, 2.24) is 5.32 Å². The van der Waals surface area contributed by atoms with E-state index < -0.39 is 12.3 Å². The summed E-state index contributed by atoms with van der Waals surface area (Å²) in [6.07, 6.45) is -0.488. The van der Waals surface area contributed by atoms with Gasteiger partial charge in [-0.15, -0.1) is 0 Å². The van der Waals surface area contributed by atoms with E-state index in [2.05, 4.69) is 17.9 Å². The predicted octanol–water partition coefficient (Wildman–Crippen LogP) is -1.00. The molecule has 2 unspecified atom stereocenters. The van der Waals surface area contributed by atoms with Gasteiger partial charge >= 0.3 is 0 Å². The number of carbonyl (C=O) groups is 2. The Bertz CT molecular complexity index is 173.